The second-order valence-corrected chi connectivity index (χ2v) is 10.3. The summed E-state index contributed by atoms with van der Waals surface area (Å²) in [5.74, 6) is 0.0304. The largest absolute Gasteiger partial charge is 0.483 e. The van der Waals surface area contributed by atoms with Gasteiger partial charge in [0.05, 0.1) is 24.8 Å². The lowest BCUT2D eigenvalue weighted by Crippen LogP contribution is -2.60. The summed E-state index contributed by atoms with van der Waals surface area (Å²) in [6.07, 6.45) is 4.31. The number of benzene rings is 1. The Morgan fingerprint density at radius 3 is 2.67 bits per heavy atom. The number of carbonyl (C=O) groups excluding carboxylic acids is 2. The fraction of sp³-hybridized carbons (Fsp3) is 0.680. The van der Waals surface area contributed by atoms with Crippen LogP contribution in [0.25, 0.3) is 0 Å². The van der Waals surface area contributed by atoms with E-state index in [-0.39, 0.29) is 42.4 Å². The van der Waals surface area contributed by atoms with Crippen molar-refractivity contribution in [2.75, 3.05) is 19.8 Å². The summed E-state index contributed by atoms with van der Waals surface area (Å²) >= 11 is 0. The first-order valence-corrected chi connectivity index (χ1v) is 12.0. The molecule has 5 rings (SSSR count). The number of ether oxygens (including phenoxy) is 3. The minimum Gasteiger partial charge on any atom is -0.483 e. The van der Waals surface area contributed by atoms with Gasteiger partial charge >= 0.3 is 6.09 Å². The van der Waals surface area contributed by atoms with Gasteiger partial charge in [-0.25, -0.2) is 9.18 Å². The first-order chi connectivity index (χ1) is 15.7. The molecule has 2 bridgehead atoms. The van der Waals surface area contributed by atoms with E-state index in [0.29, 0.717) is 24.5 Å². The molecule has 33 heavy (non-hydrogen) atoms. The van der Waals surface area contributed by atoms with E-state index < -0.39 is 11.7 Å². The van der Waals surface area contributed by atoms with E-state index in [1.165, 1.54) is 6.07 Å². The van der Waals surface area contributed by atoms with E-state index >= 15 is 0 Å². The second-order valence-electron chi connectivity index (χ2n) is 10.3. The maximum Gasteiger partial charge on any atom is 0.407 e. The first-order valence-electron chi connectivity index (χ1n) is 12.0. The van der Waals surface area contributed by atoms with E-state index in [9.17, 15) is 14.0 Å². The fourth-order valence-corrected chi connectivity index (χ4v) is 5.21. The van der Waals surface area contributed by atoms with Gasteiger partial charge in [-0.15, -0.1) is 0 Å². The standard InChI is InChI=1S/C25H35FN2O5/c1-25(2,3)33-24(30)27-19-7-5-13-28-20(19)14-31-17-11-9-16(10-12-17)23-18(26)6-4-8-21(23)32-15-22(28)29/h4,6,8,16-17,19-20H,5,7,9-15H2,1-3H3,(H,27,30)/t16?,17?,19?,20-/m0/s1. The Labute approximate surface area is 194 Å². The number of alkyl carbamates (subject to hydrolysis) is 1. The number of carbonyl (C=O) groups is 2. The number of rotatable bonds is 1. The molecular formula is C25H35FN2O5. The predicted molar refractivity (Wildman–Crippen MR) is 121 cm³/mol. The molecule has 3 heterocycles. The van der Waals surface area contributed by atoms with Crippen LogP contribution in [0.5, 0.6) is 5.75 Å². The molecule has 0 radical (unpaired) electrons. The molecule has 2 amide bonds. The highest BCUT2D eigenvalue weighted by atomic mass is 19.1. The summed E-state index contributed by atoms with van der Waals surface area (Å²) in [6.45, 7) is 6.18. The molecule has 2 atom stereocenters. The normalized spacial score (nSPS) is 28.4. The number of fused-ring (bicyclic) bond motifs is 5. The lowest BCUT2D eigenvalue weighted by molar-refractivity contribution is -0.140. The maximum atomic E-state index is 14.7. The molecule has 0 spiro atoms. The summed E-state index contributed by atoms with van der Waals surface area (Å²) in [5.41, 5.74) is -0.0346. The second kappa shape index (κ2) is 9.87. The fourth-order valence-electron chi connectivity index (χ4n) is 5.21. The van der Waals surface area contributed by atoms with Crippen LogP contribution in [-0.4, -0.2) is 60.4 Å². The topological polar surface area (TPSA) is 77.1 Å². The summed E-state index contributed by atoms with van der Waals surface area (Å²) < 4.78 is 32.3. The lowest BCUT2D eigenvalue weighted by Gasteiger charge is -2.42. The van der Waals surface area contributed by atoms with Crippen molar-refractivity contribution >= 4 is 12.0 Å². The number of hydrogen-bond acceptors (Lipinski definition) is 5. The summed E-state index contributed by atoms with van der Waals surface area (Å²) in [7, 11) is 0. The van der Waals surface area contributed by atoms with Gasteiger partial charge in [0.15, 0.2) is 6.61 Å². The molecule has 1 N–H and O–H groups in total. The zero-order valence-corrected chi connectivity index (χ0v) is 19.8. The lowest BCUT2D eigenvalue weighted by atomic mass is 9.82. The maximum absolute atomic E-state index is 14.7. The van der Waals surface area contributed by atoms with Crippen molar-refractivity contribution in [3.05, 3.63) is 29.6 Å². The van der Waals surface area contributed by atoms with Crippen molar-refractivity contribution < 1.29 is 28.2 Å². The quantitative estimate of drug-likeness (QED) is 0.679. The highest BCUT2D eigenvalue weighted by molar-refractivity contribution is 5.78. The highest BCUT2D eigenvalue weighted by Crippen LogP contribution is 2.40. The van der Waals surface area contributed by atoms with Crippen LogP contribution in [0, 0.1) is 5.82 Å². The Morgan fingerprint density at radius 2 is 1.94 bits per heavy atom. The van der Waals surface area contributed by atoms with Crippen molar-refractivity contribution in [1.29, 1.82) is 0 Å². The Balaban J connectivity index is 1.56. The van der Waals surface area contributed by atoms with Crippen LogP contribution in [0.3, 0.4) is 0 Å². The molecule has 182 valence electrons. The Morgan fingerprint density at radius 1 is 1.18 bits per heavy atom. The van der Waals surface area contributed by atoms with E-state index in [4.69, 9.17) is 14.2 Å². The van der Waals surface area contributed by atoms with Gasteiger partial charge in [-0.3, -0.25) is 4.79 Å². The third-order valence-corrected chi connectivity index (χ3v) is 6.75. The predicted octanol–water partition coefficient (Wildman–Crippen LogP) is 4.15. The zero-order valence-electron chi connectivity index (χ0n) is 19.8. The molecule has 1 aromatic rings. The van der Waals surface area contributed by atoms with Crippen molar-refractivity contribution in [3.63, 3.8) is 0 Å². The van der Waals surface area contributed by atoms with Crippen LogP contribution < -0.4 is 10.1 Å². The van der Waals surface area contributed by atoms with Gasteiger partial charge in [-0.05, 0) is 77.3 Å². The minimum atomic E-state index is -0.606. The molecule has 1 aliphatic carbocycles. The van der Waals surface area contributed by atoms with Gasteiger partial charge in [0.1, 0.15) is 17.2 Å². The van der Waals surface area contributed by atoms with Gasteiger partial charge in [-0.2, -0.15) is 0 Å². The molecular weight excluding hydrogens is 427 g/mol. The third kappa shape index (κ3) is 5.78. The zero-order chi connectivity index (χ0) is 23.6. The Kier molecular flexibility index (Phi) is 7.12. The Bertz CT molecular complexity index is 863. The van der Waals surface area contributed by atoms with E-state index in [2.05, 4.69) is 5.32 Å². The van der Waals surface area contributed by atoms with Crippen molar-refractivity contribution in [3.8, 4) is 5.75 Å². The smallest absolute Gasteiger partial charge is 0.407 e. The van der Waals surface area contributed by atoms with Crippen molar-refractivity contribution in [2.24, 2.45) is 0 Å². The minimum absolute atomic E-state index is 0.0548. The van der Waals surface area contributed by atoms with Crippen molar-refractivity contribution in [2.45, 2.75) is 89.0 Å². The summed E-state index contributed by atoms with van der Waals surface area (Å²) in [5, 5.41) is 2.96. The van der Waals surface area contributed by atoms with E-state index in [1.54, 1.807) is 17.0 Å². The summed E-state index contributed by atoms with van der Waals surface area (Å²) in [6, 6.07) is 4.24. The Hall–Kier alpha value is -2.35. The molecule has 3 aliphatic heterocycles. The molecule has 0 aromatic heterocycles. The molecule has 1 aromatic carbocycles. The average Bonchev–Trinajstić information content (AvgIpc) is 2.76. The molecule has 1 saturated heterocycles. The van der Waals surface area contributed by atoms with Gasteiger partial charge in [-0.1, -0.05) is 6.07 Å². The number of nitrogens with one attached hydrogen (secondary N) is 1. The number of amides is 2. The summed E-state index contributed by atoms with van der Waals surface area (Å²) in [4.78, 5) is 27.4. The molecule has 1 unspecified atom stereocenters. The molecule has 8 heteroatoms. The number of hydrogen-bond donors (Lipinski definition) is 1. The van der Waals surface area contributed by atoms with Crippen molar-refractivity contribution in [1.82, 2.24) is 10.2 Å². The van der Waals surface area contributed by atoms with Gasteiger partial charge in [0.25, 0.3) is 5.91 Å². The number of nitrogens with zero attached hydrogens (tertiary/aromatic N) is 1. The van der Waals surface area contributed by atoms with Crippen LogP contribution in [-0.2, 0) is 14.3 Å². The van der Waals surface area contributed by atoms with Gasteiger partial charge in [0, 0.05) is 12.1 Å². The number of halogens is 1. The van der Waals surface area contributed by atoms with Gasteiger partial charge < -0.3 is 24.4 Å². The molecule has 7 nitrogen and oxygen atoms in total. The van der Waals surface area contributed by atoms with Crippen LogP contribution in [0.15, 0.2) is 18.2 Å². The monoisotopic (exact) mass is 462 g/mol. The van der Waals surface area contributed by atoms with E-state index in [0.717, 1.165) is 38.5 Å². The van der Waals surface area contributed by atoms with Crippen LogP contribution in [0.1, 0.15) is 70.8 Å². The van der Waals surface area contributed by atoms with Crippen LogP contribution in [0.2, 0.25) is 0 Å². The highest BCUT2D eigenvalue weighted by Gasteiger charge is 2.38. The molecule has 4 aliphatic rings. The van der Waals surface area contributed by atoms with Crippen LogP contribution in [0.4, 0.5) is 9.18 Å². The third-order valence-electron chi connectivity index (χ3n) is 6.75. The SMILES string of the molecule is CC(C)(C)OC(=O)NC1CCCN2C(=O)COc3cccc(F)c3C3CCC(CC3)OC[C@@H]12. The average molecular weight is 463 g/mol. The van der Waals surface area contributed by atoms with Gasteiger partial charge in [0.2, 0.25) is 0 Å². The first kappa shape index (κ1) is 23.8. The molecule has 1 saturated carbocycles. The number of piperidine rings is 1. The molecule has 2 fully saturated rings. The van der Waals surface area contributed by atoms with Crippen LogP contribution >= 0.6 is 0 Å². The van der Waals surface area contributed by atoms with E-state index in [1.807, 2.05) is 20.8 Å².